The lowest BCUT2D eigenvalue weighted by Gasteiger charge is -2.16. The first-order valence-corrected chi connectivity index (χ1v) is 15.0. The molecule has 0 aliphatic rings. The van der Waals surface area contributed by atoms with Crippen LogP contribution in [0.1, 0.15) is 181 Å². The molecule has 0 aromatic carbocycles. The van der Waals surface area contributed by atoms with Crippen molar-refractivity contribution in [1.82, 2.24) is 5.32 Å². The number of hydrogen-bond acceptors (Lipinski definition) is 1. The molecule has 0 spiro atoms. The van der Waals surface area contributed by atoms with Crippen LogP contribution >= 0.6 is 0 Å². The SMILES string of the molecule is CCCCCCCCCCCCCCC(CCCCCCCCCCCCCC)NC. The molecule has 0 aromatic heterocycles. The summed E-state index contributed by atoms with van der Waals surface area (Å²) in [5.41, 5.74) is 0. The average Bonchev–Trinajstić information content (AvgIpc) is 2.79. The summed E-state index contributed by atoms with van der Waals surface area (Å²) in [5.74, 6) is 0. The highest BCUT2D eigenvalue weighted by Gasteiger charge is 2.05. The van der Waals surface area contributed by atoms with E-state index in [4.69, 9.17) is 0 Å². The monoisotopic (exact) mass is 437 g/mol. The van der Waals surface area contributed by atoms with Crippen molar-refractivity contribution in [2.45, 2.75) is 187 Å². The highest BCUT2D eigenvalue weighted by atomic mass is 14.9. The molecule has 0 amide bonds. The van der Waals surface area contributed by atoms with E-state index in [2.05, 4.69) is 26.2 Å². The molecular weight excluding hydrogens is 374 g/mol. The Bertz CT molecular complexity index is 273. The third-order valence-corrected chi connectivity index (χ3v) is 7.22. The summed E-state index contributed by atoms with van der Waals surface area (Å²) >= 11 is 0. The van der Waals surface area contributed by atoms with E-state index in [-0.39, 0.29) is 0 Å². The fourth-order valence-corrected chi connectivity index (χ4v) is 4.90. The van der Waals surface area contributed by atoms with Crippen molar-refractivity contribution >= 4 is 0 Å². The molecule has 0 heterocycles. The first kappa shape index (κ1) is 31.0. The van der Waals surface area contributed by atoms with E-state index in [9.17, 15) is 0 Å². The van der Waals surface area contributed by atoms with Crippen molar-refractivity contribution in [2.24, 2.45) is 0 Å². The molecule has 0 saturated carbocycles. The van der Waals surface area contributed by atoms with Crippen LogP contribution in [0.15, 0.2) is 0 Å². The normalized spacial score (nSPS) is 11.6. The standard InChI is InChI=1S/C30H63N/c1-4-6-8-10-12-14-16-18-20-22-24-26-28-30(31-3)29-27-25-23-21-19-17-15-13-11-9-7-5-2/h30-31H,4-29H2,1-3H3. The number of unbranched alkanes of at least 4 members (excludes halogenated alkanes) is 22. The van der Waals surface area contributed by atoms with Crippen LogP contribution in [-0.4, -0.2) is 13.1 Å². The molecule has 0 radical (unpaired) electrons. The Hall–Kier alpha value is -0.0400. The summed E-state index contributed by atoms with van der Waals surface area (Å²) < 4.78 is 0. The van der Waals surface area contributed by atoms with Gasteiger partial charge in [-0.2, -0.15) is 0 Å². The lowest BCUT2D eigenvalue weighted by atomic mass is 9.99. The van der Waals surface area contributed by atoms with Gasteiger partial charge in [0, 0.05) is 6.04 Å². The molecule has 1 nitrogen and oxygen atoms in total. The second-order valence-corrected chi connectivity index (χ2v) is 10.3. The second-order valence-electron chi connectivity index (χ2n) is 10.3. The van der Waals surface area contributed by atoms with Gasteiger partial charge in [0.15, 0.2) is 0 Å². The Kier molecular flexibility index (Phi) is 28.0. The summed E-state index contributed by atoms with van der Waals surface area (Å²) in [7, 11) is 2.17. The van der Waals surface area contributed by atoms with Crippen LogP contribution in [-0.2, 0) is 0 Å². The van der Waals surface area contributed by atoms with Gasteiger partial charge in [0.25, 0.3) is 0 Å². The van der Waals surface area contributed by atoms with E-state index in [1.54, 1.807) is 0 Å². The van der Waals surface area contributed by atoms with Crippen molar-refractivity contribution in [3.63, 3.8) is 0 Å². The zero-order valence-electron chi connectivity index (χ0n) is 22.5. The van der Waals surface area contributed by atoms with Crippen molar-refractivity contribution in [2.75, 3.05) is 7.05 Å². The zero-order valence-corrected chi connectivity index (χ0v) is 22.5. The van der Waals surface area contributed by atoms with Crippen LogP contribution in [0, 0.1) is 0 Å². The average molecular weight is 438 g/mol. The Labute approximate surface area is 199 Å². The van der Waals surface area contributed by atoms with Gasteiger partial charge in [0.2, 0.25) is 0 Å². The molecule has 0 aliphatic carbocycles. The van der Waals surface area contributed by atoms with Crippen molar-refractivity contribution in [1.29, 1.82) is 0 Å². The van der Waals surface area contributed by atoms with E-state index in [1.165, 1.54) is 167 Å². The molecule has 1 N–H and O–H groups in total. The molecule has 1 heteroatoms. The van der Waals surface area contributed by atoms with Crippen molar-refractivity contribution < 1.29 is 0 Å². The molecule has 0 fully saturated rings. The lowest BCUT2D eigenvalue weighted by Crippen LogP contribution is -2.24. The van der Waals surface area contributed by atoms with E-state index in [1.807, 2.05) is 0 Å². The Morgan fingerprint density at radius 2 is 0.581 bits per heavy atom. The smallest absolute Gasteiger partial charge is 0.00640 e. The Balaban J connectivity index is 3.26. The first-order chi connectivity index (χ1) is 15.3. The van der Waals surface area contributed by atoms with Gasteiger partial charge in [-0.1, -0.05) is 168 Å². The maximum Gasteiger partial charge on any atom is 0.00640 e. The fourth-order valence-electron chi connectivity index (χ4n) is 4.90. The first-order valence-electron chi connectivity index (χ1n) is 15.0. The van der Waals surface area contributed by atoms with Gasteiger partial charge >= 0.3 is 0 Å². The van der Waals surface area contributed by atoms with Gasteiger partial charge in [-0.3, -0.25) is 0 Å². The van der Waals surface area contributed by atoms with Crippen molar-refractivity contribution in [3.05, 3.63) is 0 Å². The molecule has 31 heavy (non-hydrogen) atoms. The van der Waals surface area contributed by atoms with Gasteiger partial charge in [-0.15, -0.1) is 0 Å². The second kappa shape index (κ2) is 28.0. The summed E-state index contributed by atoms with van der Waals surface area (Å²) in [6, 6.07) is 0.770. The minimum atomic E-state index is 0.770. The van der Waals surface area contributed by atoms with Gasteiger partial charge in [-0.05, 0) is 19.9 Å². The van der Waals surface area contributed by atoms with Crippen LogP contribution in [0.5, 0.6) is 0 Å². The van der Waals surface area contributed by atoms with Crippen LogP contribution in [0.25, 0.3) is 0 Å². The highest BCUT2D eigenvalue weighted by Crippen LogP contribution is 2.16. The predicted octanol–water partition coefficient (Wildman–Crippen LogP) is 10.8. The highest BCUT2D eigenvalue weighted by molar-refractivity contribution is 4.65. The van der Waals surface area contributed by atoms with E-state index >= 15 is 0 Å². The molecular formula is C30H63N. The molecule has 0 rings (SSSR count). The number of rotatable bonds is 27. The predicted molar refractivity (Wildman–Crippen MR) is 144 cm³/mol. The van der Waals surface area contributed by atoms with Crippen LogP contribution < -0.4 is 5.32 Å². The third-order valence-electron chi connectivity index (χ3n) is 7.22. The van der Waals surface area contributed by atoms with Crippen LogP contribution in [0.2, 0.25) is 0 Å². The molecule has 0 aromatic rings. The van der Waals surface area contributed by atoms with Gasteiger partial charge in [0.05, 0.1) is 0 Å². The van der Waals surface area contributed by atoms with Crippen molar-refractivity contribution in [3.8, 4) is 0 Å². The lowest BCUT2D eigenvalue weighted by molar-refractivity contribution is 0.434. The summed E-state index contributed by atoms with van der Waals surface area (Å²) in [5, 5.41) is 3.58. The van der Waals surface area contributed by atoms with Crippen LogP contribution in [0.3, 0.4) is 0 Å². The van der Waals surface area contributed by atoms with Gasteiger partial charge in [-0.25, -0.2) is 0 Å². The maximum atomic E-state index is 3.58. The molecule has 0 saturated heterocycles. The van der Waals surface area contributed by atoms with Crippen LogP contribution in [0.4, 0.5) is 0 Å². The number of nitrogens with one attached hydrogen (secondary N) is 1. The molecule has 188 valence electrons. The third kappa shape index (κ3) is 26.1. The molecule has 0 unspecified atom stereocenters. The maximum absolute atomic E-state index is 3.58. The quantitative estimate of drug-likeness (QED) is 0.126. The molecule has 0 atom stereocenters. The summed E-state index contributed by atoms with van der Waals surface area (Å²) in [6.07, 6.45) is 37.7. The topological polar surface area (TPSA) is 12.0 Å². The van der Waals surface area contributed by atoms with E-state index < -0.39 is 0 Å². The minimum Gasteiger partial charge on any atom is -0.317 e. The van der Waals surface area contributed by atoms with Gasteiger partial charge < -0.3 is 5.32 Å². The van der Waals surface area contributed by atoms with E-state index in [0.717, 1.165) is 6.04 Å². The van der Waals surface area contributed by atoms with E-state index in [0.29, 0.717) is 0 Å². The fraction of sp³-hybridized carbons (Fsp3) is 1.00. The summed E-state index contributed by atoms with van der Waals surface area (Å²) in [6.45, 7) is 4.61. The summed E-state index contributed by atoms with van der Waals surface area (Å²) in [4.78, 5) is 0. The zero-order chi connectivity index (χ0) is 22.7. The number of hydrogen-bond donors (Lipinski definition) is 1. The minimum absolute atomic E-state index is 0.770. The molecule has 0 bridgehead atoms. The largest absolute Gasteiger partial charge is 0.317 e. The van der Waals surface area contributed by atoms with Gasteiger partial charge in [0.1, 0.15) is 0 Å². The Morgan fingerprint density at radius 1 is 0.355 bits per heavy atom. The molecule has 0 aliphatic heterocycles. The Morgan fingerprint density at radius 3 is 0.806 bits per heavy atom.